The number of benzene rings is 1. The molecule has 0 bridgehead atoms. The molecule has 0 saturated heterocycles. The number of carbonyl (C=O) groups is 1. The van der Waals surface area contributed by atoms with Crippen molar-refractivity contribution in [3.63, 3.8) is 0 Å². The van der Waals surface area contributed by atoms with E-state index in [2.05, 4.69) is 0 Å². The number of carbonyl (C=O) groups excluding carboxylic acids is 1. The van der Waals surface area contributed by atoms with Crippen LogP contribution in [0.4, 0.5) is 0 Å². The lowest BCUT2D eigenvalue weighted by Crippen LogP contribution is -2.05. The van der Waals surface area contributed by atoms with Crippen LogP contribution in [0.2, 0.25) is 5.02 Å². The fourth-order valence-electron chi connectivity index (χ4n) is 2.39. The monoisotopic (exact) mass is 276 g/mol. The zero-order valence-electron chi connectivity index (χ0n) is 10.5. The van der Waals surface area contributed by atoms with Gasteiger partial charge in [0.25, 0.3) is 0 Å². The van der Waals surface area contributed by atoms with Gasteiger partial charge in [0.15, 0.2) is 5.76 Å². The predicted octanol–water partition coefficient (Wildman–Crippen LogP) is 3.60. The Balaban J connectivity index is 1.92. The Bertz CT molecular complexity index is 643. The van der Waals surface area contributed by atoms with E-state index in [1.165, 1.54) is 6.26 Å². The molecule has 2 aromatic rings. The van der Waals surface area contributed by atoms with Crippen LogP contribution in [0, 0.1) is 6.92 Å². The summed E-state index contributed by atoms with van der Waals surface area (Å²) in [5, 5.41) is 0.642. The molecule has 0 atom stereocenters. The molecule has 0 saturated carbocycles. The lowest BCUT2D eigenvalue weighted by atomic mass is 10.0. The second-order valence-corrected chi connectivity index (χ2v) is 5.12. The number of furan rings is 1. The summed E-state index contributed by atoms with van der Waals surface area (Å²) in [6.45, 7) is 2.51. The quantitative estimate of drug-likeness (QED) is 0.804. The number of ketones is 1. The topological polar surface area (TPSA) is 39.4 Å². The van der Waals surface area contributed by atoms with Crippen molar-refractivity contribution < 1.29 is 13.9 Å². The molecule has 2 heterocycles. The maximum atomic E-state index is 12.2. The summed E-state index contributed by atoms with van der Waals surface area (Å²) in [7, 11) is 0. The molecular weight excluding hydrogens is 264 g/mol. The third-order valence-electron chi connectivity index (χ3n) is 3.29. The standard InChI is InChI=1S/C15H13ClO3/c1-9-2-4-18-14(9)13(17)8-11-7-12(16)6-10-3-5-19-15(10)11/h2,4,6-7H,3,5,8H2,1H3. The van der Waals surface area contributed by atoms with Crippen molar-refractivity contribution in [3.05, 3.63) is 51.9 Å². The minimum atomic E-state index is -0.0533. The summed E-state index contributed by atoms with van der Waals surface area (Å²) in [6, 6.07) is 5.48. The second-order valence-electron chi connectivity index (χ2n) is 4.68. The zero-order valence-corrected chi connectivity index (χ0v) is 11.3. The van der Waals surface area contributed by atoms with E-state index < -0.39 is 0 Å². The number of Topliss-reactive ketones (excluding diaryl/α,β-unsaturated/α-hetero) is 1. The SMILES string of the molecule is Cc1ccoc1C(=O)Cc1cc(Cl)cc2c1OCC2. The van der Waals surface area contributed by atoms with Crippen molar-refractivity contribution in [2.45, 2.75) is 19.8 Å². The minimum absolute atomic E-state index is 0.0533. The highest BCUT2D eigenvalue weighted by atomic mass is 35.5. The zero-order chi connectivity index (χ0) is 13.4. The van der Waals surface area contributed by atoms with Crippen LogP contribution in [0.25, 0.3) is 0 Å². The number of ether oxygens (including phenoxy) is 1. The average Bonchev–Trinajstić information content (AvgIpc) is 2.97. The molecule has 19 heavy (non-hydrogen) atoms. The highest BCUT2D eigenvalue weighted by molar-refractivity contribution is 6.30. The first kappa shape index (κ1) is 12.3. The molecule has 0 spiro atoms. The van der Waals surface area contributed by atoms with Gasteiger partial charge in [-0.1, -0.05) is 11.6 Å². The molecule has 1 aromatic heterocycles. The number of fused-ring (bicyclic) bond motifs is 1. The molecule has 4 heteroatoms. The van der Waals surface area contributed by atoms with E-state index in [-0.39, 0.29) is 12.2 Å². The van der Waals surface area contributed by atoms with Crippen LogP contribution >= 0.6 is 11.6 Å². The van der Waals surface area contributed by atoms with Crippen molar-refractivity contribution in [2.24, 2.45) is 0 Å². The predicted molar refractivity (Wildman–Crippen MR) is 72.1 cm³/mol. The molecule has 0 radical (unpaired) electrons. The molecule has 0 aliphatic carbocycles. The van der Waals surface area contributed by atoms with Gasteiger partial charge in [-0.15, -0.1) is 0 Å². The molecule has 0 N–H and O–H groups in total. The van der Waals surface area contributed by atoms with Gasteiger partial charge in [0, 0.05) is 23.4 Å². The van der Waals surface area contributed by atoms with Crippen molar-refractivity contribution in [2.75, 3.05) is 6.61 Å². The van der Waals surface area contributed by atoms with Crippen LogP contribution in [-0.4, -0.2) is 12.4 Å². The first-order chi connectivity index (χ1) is 9.15. The van der Waals surface area contributed by atoms with E-state index in [9.17, 15) is 4.79 Å². The number of hydrogen-bond donors (Lipinski definition) is 0. The van der Waals surface area contributed by atoms with Gasteiger partial charge < -0.3 is 9.15 Å². The number of rotatable bonds is 3. The lowest BCUT2D eigenvalue weighted by Gasteiger charge is -2.08. The second kappa shape index (κ2) is 4.74. The summed E-state index contributed by atoms with van der Waals surface area (Å²) in [4.78, 5) is 12.2. The van der Waals surface area contributed by atoms with Gasteiger partial charge in [-0.2, -0.15) is 0 Å². The summed E-state index contributed by atoms with van der Waals surface area (Å²) in [6.07, 6.45) is 2.62. The summed E-state index contributed by atoms with van der Waals surface area (Å²) < 4.78 is 10.8. The molecule has 0 amide bonds. The molecule has 3 rings (SSSR count). The third kappa shape index (κ3) is 2.26. The van der Waals surface area contributed by atoms with Gasteiger partial charge in [0.2, 0.25) is 5.78 Å². The number of aryl methyl sites for hydroxylation is 1. The molecule has 1 aliphatic heterocycles. The maximum absolute atomic E-state index is 12.2. The Morgan fingerprint density at radius 1 is 1.42 bits per heavy atom. The van der Waals surface area contributed by atoms with Gasteiger partial charge in [0.05, 0.1) is 12.9 Å². The van der Waals surface area contributed by atoms with Crippen LogP contribution in [0.15, 0.2) is 28.9 Å². The minimum Gasteiger partial charge on any atom is -0.493 e. The van der Waals surface area contributed by atoms with E-state index in [1.807, 2.05) is 13.0 Å². The number of halogens is 1. The highest BCUT2D eigenvalue weighted by Gasteiger charge is 2.21. The van der Waals surface area contributed by atoms with E-state index in [1.54, 1.807) is 12.1 Å². The summed E-state index contributed by atoms with van der Waals surface area (Å²) in [5.74, 6) is 1.16. The molecule has 1 aliphatic rings. The Morgan fingerprint density at radius 2 is 2.26 bits per heavy atom. The Morgan fingerprint density at radius 3 is 3.00 bits per heavy atom. The Hall–Kier alpha value is -1.74. The normalized spacial score (nSPS) is 13.2. The van der Waals surface area contributed by atoms with Crippen molar-refractivity contribution >= 4 is 17.4 Å². The molecular formula is C15H13ClO3. The van der Waals surface area contributed by atoms with Gasteiger partial charge in [-0.3, -0.25) is 4.79 Å². The van der Waals surface area contributed by atoms with Crippen LogP contribution < -0.4 is 4.74 Å². The summed E-state index contributed by atoms with van der Waals surface area (Å²) >= 11 is 6.08. The van der Waals surface area contributed by atoms with E-state index in [0.717, 1.165) is 28.9 Å². The Labute approximate surface area is 116 Å². The van der Waals surface area contributed by atoms with Gasteiger partial charge in [-0.05, 0) is 36.2 Å². The largest absolute Gasteiger partial charge is 0.493 e. The van der Waals surface area contributed by atoms with E-state index >= 15 is 0 Å². The fraction of sp³-hybridized carbons (Fsp3) is 0.267. The molecule has 1 aromatic carbocycles. The average molecular weight is 277 g/mol. The van der Waals surface area contributed by atoms with Crippen LogP contribution in [0.5, 0.6) is 5.75 Å². The van der Waals surface area contributed by atoms with Gasteiger partial charge in [0.1, 0.15) is 5.75 Å². The molecule has 0 unspecified atom stereocenters. The van der Waals surface area contributed by atoms with Crippen LogP contribution in [-0.2, 0) is 12.8 Å². The summed E-state index contributed by atoms with van der Waals surface area (Å²) in [5.41, 5.74) is 2.76. The third-order valence-corrected chi connectivity index (χ3v) is 3.51. The van der Waals surface area contributed by atoms with Crippen molar-refractivity contribution in [1.82, 2.24) is 0 Å². The lowest BCUT2D eigenvalue weighted by molar-refractivity contribution is 0.0964. The molecule has 3 nitrogen and oxygen atoms in total. The van der Waals surface area contributed by atoms with Gasteiger partial charge >= 0.3 is 0 Å². The van der Waals surface area contributed by atoms with E-state index in [0.29, 0.717) is 17.4 Å². The molecule has 98 valence electrons. The first-order valence-electron chi connectivity index (χ1n) is 6.16. The maximum Gasteiger partial charge on any atom is 0.202 e. The first-order valence-corrected chi connectivity index (χ1v) is 6.54. The number of hydrogen-bond acceptors (Lipinski definition) is 3. The van der Waals surface area contributed by atoms with E-state index in [4.69, 9.17) is 20.8 Å². The smallest absolute Gasteiger partial charge is 0.202 e. The van der Waals surface area contributed by atoms with Gasteiger partial charge in [-0.25, -0.2) is 0 Å². The molecule has 0 fully saturated rings. The van der Waals surface area contributed by atoms with Crippen LogP contribution in [0.1, 0.15) is 27.2 Å². The Kier molecular flexibility index (Phi) is 3.07. The van der Waals surface area contributed by atoms with Crippen LogP contribution in [0.3, 0.4) is 0 Å². The van der Waals surface area contributed by atoms with Crippen molar-refractivity contribution in [1.29, 1.82) is 0 Å². The highest BCUT2D eigenvalue weighted by Crippen LogP contribution is 2.33. The fourth-order valence-corrected chi connectivity index (χ4v) is 2.65. The van der Waals surface area contributed by atoms with Crippen molar-refractivity contribution in [3.8, 4) is 5.75 Å².